The van der Waals surface area contributed by atoms with Gasteiger partial charge in [0.15, 0.2) is 6.29 Å². The number of aliphatic hydroxyl groups is 1. The van der Waals surface area contributed by atoms with E-state index in [0.29, 0.717) is 23.8 Å². The van der Waals surface area contributed by atoms with E-state index < -0.39 is 6.23 Å². The average molecular weight is 413 g/mol. The van der Waals surface area contributed by atoms with Gasteiger partial charge in [0, 0.05) is 44.0 Å². The highest BCUT2D eigenvalue weighted by atomic mass is 16.7. The number of hydrogen-bond donors (Lipinski definition) is 2. The summed E-state index contributed by atoms with van der Waals surface area (Å²) in [7, 11) is 3.17. The molecule has 160 valence electrons. The van der Waals surface area contributed by atoms with Crippen LogP contribution in [-0.2, 0) is 28.9 Å². The van der Waals surface area contributed by atoms with E-state index in [-0.39, 0.29) is 12.3 Å². The number of nitrogens with zero attached hydrogens (tertiary/aromatic N) is 4. The maximum Gasteiger partial charge on any atom is 0.226 e. The third-order valence-corrected chi connectivity index (χ3v) is 5.44. The Morgan fingerprint density at radius 2 is 2.17 bits per heavy atom. The first-order chi connectivity index (χ1) is 14.6. The van der Waals surface area contributed by atoms with Crippen molar-refractivity contribution in [3.05, 3.63) is 53.2 Å². The molecule has 2 heterocycles. The molecule has 1 aromatic carbocycles. The Hall–Kier alpha value is -2.59. The highest BCUT2D eigenvalue weighted by molar-refractivity contribution is 5.58. The van der Waals surface area contributed by atoms with Crippen molar-refractivity contribution in [1.82, 2.24) is 25.2 Å². The summed E-state index contributed by atoms with van der Waals surface area (Å²) in [5.41, 5.74) is 4.07. The van der Waals surface area contributed by atoms with Crippen LogP contribution in [0.15, 0.2) is 35.1 Å². The Morgan fingerprint density at radius 1 is 1.33 bits per heavy atom. The van der Waals surface area contributed by atoms with E-state index in [1.807, 2.05) is 13.0 Å². The van der Waals surface area contributed by atoms with Crippen LogP contribution in [0.1, 0.15) is 48.2 Å². The van der Waals surface area contributed by atoms with Crippen molar-refractivity contribution in [2.24, 2.45) is 0 Å². The first kappa shape index (κ1) is 20.7. The quantitative estimate of drug-likeness (QED) is 0.515. The normalized spacial score (nSPS) is 16.9. The van der Waals surface area contributed by atoms with Crippen LogP contribution in [0.2, 0.25) is 0 Å². The number of benzene rings is 1. The second-order valence-corrected chi connectivity index (χ2v) is 7.34. The fourth-order valence-corrected chi connectivity index (χ4v) is 3.75. The predicted octanol–water partition coefficient (Wildman–Crippen LogP) is 2.38. The van der Waals surface area contributed by atoms with Crippen molar-refractivity contribution in [3.63, 3.8) is 0 Å². The maximum atomic E-state index is 10.7. The highest BCUT2D eigenvalue weighted by Crippen LogP contribution is 2.35. The number of aryl methyl sites for hydroxylation is 2. The summed E-state index contributed by atoms with van der Waals surface area (Å²) in [6, 6.07) is 6.26. The second kappa shape index (κ2) is 9.05. The minimum absolute atomic E-state index is 0.0644. The predicted molar refractivity (Wildman–Crippen MR) is 108 cm³/mol. The molecule has 9 nitrogen and oxygen atoms in total. The summed E-state index contributed by atoms with van der Waals surface area (Å²) in [6.45, 7) is 2.43. The van der Waals surface area contributed by atoms with Gasteiger partial charge in [-0.15, -0.1) is 0 Å². The van der Waals surface area contributed by atoms with Gasteiger partial charge in [-0.1, -0.05) is 24.2 Å². The third kappa shape index (κ3) is 4.29. The molecule has 0 saturated heterocycles. The zero-order chi connectivity index (χ0) is 21.1. The minimum Gasteiger partial charge on any atom is -0.374 e. The van der Waals surface area contributed by atoms with Crippen LogP contribution in [0.25, 0.3) is 11.4 Å². The van der Waals surface area contributed by atoms with Gasteiger partial charge < -0.3 is 19.1 Å². The summed E-state index contributed by atoms with van der Waals surface area (Å²) in [4.78, 5) is 4.41. The summed E-state index contributed by atoms with van der Waals surface area (Å²) in [5, 5.41) is 22.3. The number of aliphatic hydroxyl groups excluding tert-OH is 1. The van der Waals surface area contributed by atoms with Crippen LogP contribution >= 0.6 is 0 Å². The van der Waals surface area contributed by atoms with Crippen LogP contribution in [-0.4, -0.2) is 45.5 Å². The molecule has 4 rings (SSSR count). The number of aromatic nitrogens is 4. The van der Waals surface area contributed by atoms with Crippen molar-refractivity contribution in [2.75, 3.05) is 14.2 Å². The number of nitrogens with one attached hydrogen (secondary N) is 1. The van der Waals surface area contributed by atoms with Crippen LogP contribution < -0.4 is 5.32 Å². The molecular weight excluding hydrogens is 386 g/mol. The lowest BCUT2D eigenvalue weighted by Gasteiger charge is -2.18. The molecule has 2 aromatic heterocycles. The van der Waals surface area contributed by atoms with Gasteiger partial charge in [0.1, 0.15) is 6.23 Å². The van der Waals surface area contributed by atoms with E-state index >= 15 is 0 Å². The monoisotopic (exact) mass is 413 g/mol. The molecule has 30 heavy (non-hydrogen) atoms. The van der Waals surface area contributed by atoms with Gasteiger partial charge >= 0.3 is 0 Å². The fourth-order valence-electron chi connectivity index (χ4n) is 3.75. The average Bonchev–Trinajstić information content (AvgIpc) is 3.51. The summed E-state index contributed by atoms with van der Waals surface area (Å²) >= 11 is 0. The van der Waals surface area contributed by atoms with Gasteiger partial charge in [-0.3, -0.25) is 10.00 Å². The molecular formula is C21H27N5O4. The molecule has 1 unspecified atom stereocenters. The lowest BCUT2D eigenvalue weighted by atomic mass is 10.0. The number of fused-ring (bicyclic) bond motifs is 1. The van der Waals surface area contributed by atoms with Gasteiger partial charge in [0.2, 0.25) is 11.7 Å². The maximum absolute atomic E-state index is 10.7. The van der Waals surface area contributed by atoms with E-state index in [0.717, 1.165) is 24.8 Å². The molecule has 0 aliphatic heterocycles. The summed E-state index contributed by atoms with van der Waals surface area (Å²) < 4.78 is 17.3. The third-order valence-electron chi connectivity index (χ3n) is 5.44. The molecule has 0 saturated carbocycles. The summed E-state index contributed by atoms with van der Waals surface area (Å²) in [6.07, 6.45) is 4.80. The van der Waals surface area contributed by atoms with E-state index in [1.54, 1.807) is 31.3 Å². The Kier molecular flexibility index (Phi) is 6.24. The second-order valence-electron chi connectivity index (χ2n) is 7.34. The Balaban J connectivity index is 1.43. The SMILES string of the molecule is CCc1nc(-c2ccc3c(c2)CC[C@H]3NC(O)c2cnn(CC(OC)OC)c2)no1. The topological polar surface area (TPSA) is 107 Å². The standard InChI is InChI=1S/C21H27N5O4/c1-4-18-24-20(25-30-18)14-5-7-16-13(9-14)6-8-17(16)23-21(27)15-10-22-26(11-15)12-19(28-2)29-3/h5,7,9-11,17,19,21,23,27H,4,6,8,12H2,1-3H3/t17-,21?/m1/s1. The zero-order valence-electron chi connectivity index (χ0n) is 17.4. The van der Waals surface area contributed by atoms with Crippen molar-refractivity contribution >= 4 is 0 Å². The highest BCUT2D eigenvalue weighted by Gasteiger charge is 2.26. The summed E-state index contributed by atoms with van der Waals surface area (Å²) in [5.74, 6) is 1.25. The van der Waals surface area contributed by atoms with Gasteiger partial charge in [-0.05, 0) is 30.0 Å². The minimum atomic E-state index is -0.817. The zero-order valence-corrected chi connectivity index (χ0v) is 17.4. The molecule has 0 radical (unpaired) electrons. The number of ether oxygens (including phenoxy) is 2. The van der Waals surface area contributed by atoms with E-state index in [1.165, 1.54) is 11.1 Å². The van der Waals surface area contributed by atoms with Crippen molar-refractivity contribution in [2.45, 2.75) is 51.3 Å². The number of hydrogen-bond acceptors (Lipinski definition) is 8. The lowest BCUT2D eigenvalue weighted by molar-refractivity contribution is -0.112. The van der Waals surface area contributed by atoms with Gasteiger partial charge in [0.05, 0.1) is 12.7 Å². The van der Waals surface area contributed by atoms with Crippen LogP contribution in [0.3, 0.4) is 0 Å². The molecule has 0 bridgehead atoms. The first-order valence-electron chi connectivity index (χ1n) is 10.1. The van der Waals surface area contributed by atoms with Crippen molar-refractivity contribution in [3.8, 4) is 11.4 Å². The van der Waals surface area contributed by atoms with Gasteiger partial charge in [-0.25, -0.2) is 0 Å². The van der Waals surface area contributed by atoms with Crippen LogP contribution in [0.4, 0.5) is 0 Å². The molecule has 2 N–H and O–H groups in total. The van der Waals surface area contributed by atoms with Crippen LogP contribution in [0, 0.1) is 0 Å². The van der Waals surface area contributed by atoms with Gasteiger partial charge in [0.25, 0.3) is 0 Å². The smallest absolute Gasteiger partial charge is 0.226 e. The molecule has 9 heteroatoms. The molecule has 0 amide bonds. The molecule has 3 aromatic rings. The van der Waals surface area contributed by atoms with E-state index in [2.05, 4.69) is 32.7 Å². The number of rotatable bonds is 9. The van der Waals surface area contributed by atoms with Crippen molar-refractivity contribution in [1.29, 1.82) is 0 Å². The van der Waals surface area contributed by atoms with Crippen molar-refractivity contribution < 1.29 is 19.1 Å². The Morgan fingerprint density at radius 3 is 2.90 bits per heavy atom. The molecule has 0 spiro atoms. The lowest BCUT2D eigenvalue weighted by Crippen LogP contribution is -2.24. The number of methoxy groups -OCH3 is 2. The van der Waals surface area contributed by atoms with E-state index in [4.69, 9.17) is 14.0 Å². The van der Waals surface area contributed by atoms with Crippen LogP contribution in [0.5, 0.6) is 0 Å². The van der Waals surface area contributed by atoms with E-state index in [9.17, 15) is 5.11 Å². The molecule has 1 aliphatic rings. The first-order valence-corrected chi connectivity index (χ1v) is 10.1. The largest absolute Gasteiger partial charge is 0.374 e. The van der Waals surface area contributed by atoms with Gasteiger partial charge in [-0.2, -0.15) is 10.1 Å². The Labute approximate surface area is 175 Å². The fraction of sp³-hybridized carbons (Fsp3) is 0.476. The molecule has 2 atom stereocenters. The molecule has 0 fully saturated rings. The molecule has 1 aliphatic carbocycles. The Bertz CT molecular complexity index is 981.